The molecule has 0 spiro atoms. The molecule has 92 valence electrons. The van der Waals surface area contributed by atoms with Crippen LogP contribution >= 0.6 is 12.2 Å². The van der Waals surface area contributed by atoms with Crippen molar-refractivity contribution in [3.05, 3.63) is 23.9 Å². The summed E-state index contributed by atoms with van der Waals surface area (Å²) in [6, 6.07) is 3.71. The first kappa shape index (κ1) is 12.3. The maximum Gasteiger partial charge on any atom is 0.128 e. The molecule has 1 aliphatic rings. The second-order valence-corrected chi connectivity index (χ2v) is 5.08. The van der Waals surface area contributed by atoms with Crippen LogP contribution in [0.4, 0.5) is 5.82 Å². The first-order valence-electron chi connectivity index (χ1n) is 5.71. The molecule has 1 fully saturated rings. The van der Waals surface area contributed by atoms with E-state index in [4.69, 9.17) is 18.0 Å². The molecule has 1 aromatic rings. The van der Waals surface area contributed by atoms with Crippen LogP contribution in [0.1, 0.15) is 18.4 Å². The molecule has 0 aliphatic heterocycles. The summed E-state index contributed by atoms with van der Waals surface area (Å²) in [5.41, 5.74) is 6.43. The molecule has 0 atom stereocenters. The van der Waals surface area contributed by atoms with E-state index in [0.717, 1.165) is 30.8 Å². The van der Waals surface area contributed by atoms with Crippen LogP contribution in [0.2, 0.25) is 0 Å². The topological polar surface area (TPSA) is 62.4 Å². The third-order valence-corrected chi connectivity index (χ3v) is 3.40. The van der Waals surface area contributed by atoms with Crippen molar-refractivity contribution >= 4 is 23.0 Å². The third kappa shape index (κ3) is 2.92. The number of hydrogen-bond donors (Lipinski definition) is 2. The van der Waals surface area contributed by atoms with Gasteiger partial charge in [-0.05, 0) is 30.9 Å². The van der Waals surface area contributed by atoms with Gasteiger partial charge in [-0.2, -0.15) is 0 Å². The largest absolute Gasteiger partial charge is 0.393 e. The molecule has 1 aliphatic carbocycles. The van der Waals surface area contributed by atoms with E-state index < -0.39 is 0 Å². The van der Waals surface area contributed by atoms with E-state index in [0.29, 0.717) is 10.9 Å². The average molecular weight is 251 g/mol. The smallest absolute Gasteiger partial charge is 0.128 e. The van der Waals surface area contributed by atoms with Crippen LogP contribution in [0, 0.1) is 5.92 Å². The van der Waals surface area contributed by atoms with Crippen molar-refractivity contribution in [1.82, 2.24) is 4.98 Å². The van der Waals surface area contributed by atoms with E-state index in [9.17, 15) is 5.11 Å². The van der Waals surface area contributed by atoms with Gasteiger partial charge in [0, 0.05) is 25.4 Å². The Labute approximate surface area is 106 Å². The van der Waals surface area contributed by atoms with Gasteiger partial charge < -0.3 is 15.7 Å². The van der Waals surface area contributed by atoms with E-state index in [1.165, 1.54) is 0 Å². The Morgan fingerprint density at radius 3 is 2.94 bits per heavy atom. The molecule has 1 aromatic heterocycles. The fourth-order valence-corrected chi connectivity index (χ4v) is 2.24. The molecular weight excluding hydrogens is 234 g/mol. The molecule has 0 saturated heterocycles. The maximum atomic E-state index is 9.25. The molecule has 1 saturated carbocycles. The first-order valence-corrected chi connectivity index (χ1v) is 6.12. The number of nitrogens with zero attached hydrogens (tertiary/aromatic N) is 2. The van der Waals surface area contributed by atoms with Crippen LogP contribution in [0.25, 0.3) is 0 Å². The van der Waals surface area contributed by atoms with Gasteiger partial charge in [0.25, 0.3) is 0 Å². The number of aromatic nitrogens is 1. The lowest BCUT2D eigenvalue weighted by molar-refractivity contribution is 0.0464. The summed E-state index contributed by atoms with van der Waals surface area (Å²) in [7, 11) is 2.00. The van der Waals surface area contributed by atoms with Crippen molar-refractivity contribution in [2.45, 2.75) is 18.9 Å². The van der Waals surface area contributed by atoms with Crippen molar-refractivity contribution < 1.29 is 5.11 Å². The summed E-state index contributed by atoms with van der Waals surface area (Å²) < 4.78 is 0. The van der Waals surface area contributed by atoms with Gasteiger partial charge in [0.1, 0.15) is 10.8 Å². The lowest BCUT2D eigenvalue weighted by Gasteiger charge is -2.34. The van der Waals surface area contributed by atoms with E-state index in [-0.39, 0.29) is 6.10 Å². The van der Waals surface area contributed by atoms with Crippen LogP contribution in [-0.2, 0) is 0 Å². The Balaban J connectivity index is 2.00. The fourth-order valence-electron chi connectivity index (χ4n) is 2.11. The Morgan fingerprint density at radius 1 is 1.65 bits per heavy atom. The number of rotatable bonds is 4. The van der Waals surface area contributed by atoms with Crippen LogP contribution in [0.15, 0.2) is 18.3 Å². The number of thiocarbonyl (C=S) groups is 1. The fraction of sp³-hybridized carbons (Fsp3) is 0.500. The molecule has 1 heterocycles. The summed E-state index contributed by atoms with van der Waals surface area (Å²) in [5.74, 6) is 1.43. The molecule has 3 N–H and O–H groups in total. The van der Waals surface area contributed by atoms with E-state index in [1.807, 2.05) is 19.2 Å². The molecule has 0 unspecified atom stereocenters. The predicted octanol–water partition coefficient (Wildman–Crippen LogP) is 0.923. The van der Waals surface area contributed by atoms with Crippen LogP contribution in [-0.4, -0.2) is 34.8 Å². The van der Waals surface area contributed by atoms with Gasteiger partial charge in [0.05, 0.1) is 6.10 Å². The Hall–Kier alpha value is -1.20. The van der Waals surface area contributed by atoms with E-state index in [2.05, 4.69) is 9.88 Å². The first-order chi connectivity index (χ1) is 8.06. The zero-order valence-electron chi connectivity index (χ0n) is 9.84. The number of pyridine rings is 1. The van der Waals surface area contributed by atoms with Gasteiger partial charge in [-0.25, -0.2) is 4.98 Å². The highest BCUT2D eigenvalue weighted by atomic mass is 32.1. The van der Waals surface area contributed by atoms with Crippen LogP contribution < -0.4 is 10.6 Å². The monoisotopic (exact) mass is 251 g/mol. The highest BCUT2D eigenvalue weighted by molar-refractivity contribution is 7.80. The zero-order valence-corrected chi connectivity index (χ0v) is 10.7. The van der Waals surface area contributed by atoms with Gasteiger partial charge >= 0.3 is 0 Å². The minimum absolute atomic E-state index is 0.107. The van der Waals surface area contributed by atoms with Gasteiger partial charge in [-0.3, -0.25) is 0 Å². The van der Waals surface area contributed by atoms with Crippen molar-refractivity contribution in [3.63, 3.8) is 0 Å². The minimum Gasteiger partial charge on any atom is -0.393 e. The molecular formula is C12H17N3OS. The van der Waals surface area contributed by atoms with Gasteiger partial charge in [0.2, 0.25) is 0 Å². The van der Waals surface area contributed by atoms with Crippen molar-refractivity contribution in [3.8, 4) is 0 Å². The number of aliphatic hydroxyl groups is 1. The molecule has 17 heavy (non-hydrogen) atoms. The SMILES string of the molecule is CN(CC1CC(O)C1)c1cc(C(N)=S)ccn1. The summed E-state index contributed by atoms with van der Waals surface area (Å²) in [4.78, 5) is 6.77. The van der Waals surface area contributed by atoms with Gasteiger partial charge in [0.15, 0.2) is 0 Å². The zero-order chi connectivity index (χ0) is 12.4. The molecule has 5 heteroatoms. The number of hydrogen-bond acceptors (Lipinski definition) is 4. The highest BCUT2D eigenvalue weighted by Crippen LogP contribution is 2.28. The number of aliphatic hydroxyl groups excluding tert-OH is 1. The number of nitrogens with two attached hydrogens (primary N) is 1. The van der Waals surface area contributed by atoms with Crippen LogP contribution in [0.3, 0.4) is 0 Å². The number of anilines is 1. The highest BCUT2D eigenvalue weighted by Gasteiger charge is 2.28. The maximum absolute atomic E-state index is 9.25. The lowest BCUT2D eigenvalue weighted by Crippen LogP contribution is -2.37. The summed E-state index contributed by atoms with van der Waals surface area (Å²) >= 11 is 4.94. The van der Waals surface area contributed by atoms with E-state index >= 15 is 0 Å². The lowest BCUT2D eigenvalue weighted by atomic mass is 9.82. The van der Waals surface area contributed by atoms with Gasteiger partial charge in [-0.1, -0.05) is 12.2 Å². The third-order valence-electron chi connectivity index (χ3n) is 3.16. The van der Waals surface area contributed by atoms with Crippen molar-refractivity contribution in [1.29, 1.82) is 0 Å². The van der Waals surface area contributed by atoms with E-state index in [1.54, 1.807) is 6.20 Å². The molecule has 4 nitrogen and oxygen atoms in total. The summed E-state index contributed by atoms with van der Waals surface area (Å²) in [5, 5.41) is 9.25. The molecule has 2 rings (SSSR count). The molecule has 0 aromatic carbocycles. The van der Waals surface area contributed by atoms with Crippen LogP contribution in [0.5, 0.6) is 0 Å². The Morgan fingerprint density at radius 2 is 2.35 bits per heavy atom. The van der Waals surface area contributed by atoms with Gasteiger partial charge in [-0.15, -0.1) is 0 Å². The standard InChI is InChI=1S/C12H17N3OS/c1-15(7-8-4-10(16)5-8)11-6-9(12(13)17)2-3-14-11/h2-3,6,8,10,16H,4-5,7H2,1H3,(H2,13,17). The Kier molecular flexibility index (Phi) is 3.59. The molecule has 0 amide bonds. The Bertz CT molecular complexity index is 418. The minimum atomic E-state index is -0.107. The summed E-state index contributed by atoms with van der Waals surface area (Å²) in [6.07, 6.45) is 3.39. The summed E-state index contributed by atoms with van der Waals surface area (Å²) in [6.45, 7) is 0.908. The second kappa shape index (κ2) is 4.98. The predicted molar refractivity (Wildman–Crippen MR) is 72.1 cm³/mol. The van der Waals surface area contributed by atoms with Crippen molar-refractivity contribution in [2.75, 3.05) is 18.5 Å². The average Bonchev–Trinajstić information content (AvgIpc) is 2.27. The second-order valence-electron chi connectivity index (χ2n) is 4.64. The normalized spacial score (nSPS) is 22.9. The van der Waals surface area contributed by atoms with Crippen molar-refractivity contribution in [2.24, 2.45) is 11.7 Å². The molecule has 0 radical (unpaired) electrons. The quantitative estimate of drug-likeness (QED) is 0.779. The molecule has 0 bridgehead atoms.